The molecule has 0 spiro atoms. The fourth-order valence-corrected chi connectivity index (χ4v) is 3.25. The minimum atomic E-state index is -0.738. The van der Waals surface area contributed by atoms with Crippen LogP contribution in [0.2, 0.25) is 0 Å². The first-order valence-electron chi connectivity index (χ1n) is 8.53. The van der Waals surface area contributed by atoms with E-state index in [9.17, 15) is 14.4 Å². The molecule has 0 saturated heterocycles. The highest BCUT2D eigenvalue weighted by Crippen LogP contribution is 2.16. The summed E-state index contributed by atoms with van der Waals surface area (Å²) >= 11 is 4.91. The van der Waals surface area contributed by atoms with Crippen LogP contribution in [0.4, 0.5) is 5.69 Å². The van der Waals surface area contributed by atoms with Gasteiger partial charge in [-0.15, -0.1) is 0 Å². The number of rotatable bonds is 9. The molecule has 2 aromatic rings. The zero-order chi connectivity index (χ0) is 20.4. The van der Waals surface area contributed by atoms with Gasteiger partial charge in [0.05, 0.1) is 24.0 Å². The van der Waals surface area contributed by atoms with Gasteiger partial charge < -0.3 is 16.0 Å². The average molecular weight is 465 g/mol. The van der Waals surface area contributed by atoms with E-state index in [-0.39, 0.29) is 18.4 Å². The van der Waals surface area contributed by atoms with Crippen LogP contribution in [-0.2, 0) is 9.59 Å². The largest absolute Gasteiger partial charge is 0.345 e. The number of halogens is 1. The van der Waals surface area contributed by atoms with Crippen LogP contribution >= 0.6 is 27.7 Å². The number of amides is 3. The Morgan fingerprint density at radius 1 is 1.18 bits per heavy atom. The third kappa shape index (κ3) is 6.97. The standard InChI is InChI=1S/C19H21BrN4O3S/c1-28-10-8-16(24-18(26)14-6-2-3-7-15(14)20)19(27)22-12-17(25)23-13-5-4-9-21-11-13/h2-7,9,11,16H,8,10,12H2,1H3,(H,22,27)(H,23,25)(H,24,26). The smallest absolute Gasteiger partial charge is 0.253 e. The van der Waals surface area contributed by atoms with E-state index < -0.39 is 11.9 Å². The molecule has 3 amide bonds. The van der Waals surface area contributed by atoms with E-state index in [1.54, 1.807) is 54.4 Å². The van der Waals surface area contributed by atoms with E-state index >= 15 is 0 Å². The summed E-state index contributed by atoms with van der Waals surface area (Å²) in [5.74, 6) is -0.442. The van der Waals surface area contributed by atoms with Gasteiger partial charge in [-0.05, 0) is 58.6 Å². The molecule has 0 aliphatic heterocycles. The lowest BCUT2D eigenvalue weighted by atomic mass is 10.1. The molecule has 7 nitrogen and oxygen atoms in total. The first-order chi connectivity index (χ1) is 13.5. The second-order valence-corrected chi connectivity index (χ2v) is 7.63. The topological polar surface area (TPSA) is 100 Å². The van der Waals surface area contributed by atoms with Gasteiger partial charge in [0, 0.05) is 10.7 Å². The fourth-order valence-electron chi connectivity index (χ4n) is 2.32. The van der Waals surface area contributed by atoms with Crippen LogP contribution in [0.15, 0.2) is 53.3 Å². The lowest BCUT2D eigenvalue weighted by Crippen LogP contribution is -2.48. The Bertz CT molecular complexity index is 820. The van der Waals surface area contributed by atoms with Crippen molar-refractivity contribution in [3.63, 3.8) is 0 Å². The van der Waals surface area contributed by atoms with Crippen molar-refractivity contribution in [3.05, 3.63) is 58.8 Å². The van der Waals surface area contributed by atoms with Crippen molar-refractivity contribution in [2.45, 2.75) is 12.5 Å². The number of hydrogen-bond acceptors (Lipinski definition) is 5. The van der Waals surface area contributed by atoms with Gasteiger partial charge in [0.1, 0.15) is 6.04 Å². The maximum atomic E-state index is 12.5. The maximum Gasteiger partial charge on any atom is 0.253 e. The average Bonchev–Trinajstić information content (AvgIpc) is 2.70. The number of anilines is 1. The summed E-state index contributed by atoms with van der Waals surface area (Å²) in [6, 6.07) is 9.65. The molecule has 3 N–H and O–H groups in total. The van der Waals surface area contributed by atoms with Crippen molar-refractivity contribution in [2.75, 3.05) is 23.9 Å². The summed E-state index contributed by atoms with van der Waals surface area (Å²) in [5.41, 5.74) is 0.988. The number of aromatic nitrogens is 1. The molecule has 0 aliphatic carbocycles. The molecule has 9 heteroatoms. The van der Waals surface area contributed by atoms with Crippen molar-refractivity contribution in [1.29, 1.82) is 0 Å². The molecule has 0 radical (unpaired) electrons. The van der Waals surface area contributed by atoms with Crippen molar-refractivity contribution < 1.29 is 14.4 Å². The quantitative estimate of drug-likeness (QED) is 0.529. The zero-order valence-corrected chi connectivity index (χ0v) is 17.7. The van der Waals surface area contributed by atoms with Crippen molar-refractivity contribution in [1.82, 2.24) is 15.6 Å². The van der Waals surface area contributed by atoms with Gasteiger partial charge in [-0.3, -0.25) is 19.4 Å². The van der Waals surface area contributed by atoms with Crippen LogP contribution in [0, 0.1) is 0 Å². The Labute approximate surface area is 176 Å². The van der Waals surface area contributed by atoms with Gasteiger partial charge in [0.15, 0.2) is 0 Å². The summed E-state index contributed by atoms with van der Waals surface area (Å²) in [6.45, 7) is -0.200. The van der Waals surface area contributed by atoms with Gasteiger partial charge in [-0.1, -0.05) is 12.1 Å². The van der Waals surface area contributed by atoms with Crippen LogP contribution in [0.3, 0.4) is 0 Å². The summed E-state index contributed by atoms with van der Waals surface area (Å²) in [4.78, 5) is 40.9. The second-order valence-electron chi connectivity index (χ2n) is 5.80. The molecule has 0 fully saturated rings. The van der Waals surface area contributed by atoms with E-state index in [2.05, 4.69) is 36.9 Å². The lowest BCUT2D eigenvalue weighted by Gasteiger charge is -2.18. The maximum absolute atomic E-state index is 12.5. The Morgan fingerprint density at radius 2 is 1.96 bits per heavy atom. The Hall–Kier alpha value is -2.39. The molecule has 1 heterocycles. The molecule has 148 valence electrons. The predicted molar refractivity (Wildman–Crippen MR) is 114 cm³/mol. The highest BCUT2D eigenvalue weighted by Gasteiger charge is 2.22. The zero-order valence-electron chi connectivity index (χ0n) is 15.3. The Morgan fingerprint density at radius 3 is 2.64 bits per heavy atom. The molecule has 28 heavy (non-hydrogen) atoms. The van der Waals surface area contributed by atoms with Gasteiger partial charge in [-0.2, -0.15) is 11.8 Å². The number of nitrogens with zero attached hydrogens (tertiary/aromatic N) is 1. The Kier molecular flexibility index (Phi) is 8.96. The van der Waals surface area contributed by atoms with Crippen molar-refractivity contribution in [2.24, 2.45) is 0 Å². The van der Waals surface area contributed by atoms with E-state index in [4.69, 9.17) is 0 Å². The van der Waals surface area contributed by atoms with E-state index in [0.29, 0.717) is 27.9 Å². The number of hydrogen-bond donors (Lipinski definition) is 3. The molecular formula is C19H21BrN4O3S. The Balaban J connectivity index is 1.93. The van der Waals surface area contributed by atoms with Gasteiger partial charge in [0.25, 0.3) is 5.91 Å². The normalized spacial score (nSPS) is 11.4. The third-order valence-corrected chi connectivity index (χ3v) is 5.05. The summed E-state index contributed by atoms with van der Waals surface area (Å²) in [7, 11) is 0. The third-order valence-electron chi connectivity index (χ3n) is 3.72. The molecule has 1 atom stereocenters. The van der Waals surface area contributed by atoms with E-state index in [0.717, 1.165) is 0 Å². The molecule has 1 aromatic heterocycles. The summed E-state index contributed by atoms with van der Waals surface area (Å²) < 4.78 is 0.646. The van der Waals surface area contributed by atoms with Gasteiger partial charge in [-0.25, -0.2) is 0 Å². The highest BCUT2D eigenvalue weighted by molar-refractivity contribution is 9.10. The summed E-state index contributed by atoms with van der Waals surface area (Å²) in [6.07, 6.45) is 5.49. The number of nitrogens with one attached hydrogen (secondary N) is 3. The van der Waals surface area contributed by atoms with E-state index in [1.165, 1.54) is 6.20 Å². The number of thioether (sulfide) groups is 1. The molecule has 2 rings (SSSR count). The minimum Gasteiger partial charge on any atom is -0.345 e. The lowest BCUT2D eigenvalue weighted by molar-refractivity contribution is -0.125. The first-order valence-corrected chi connectivity index (χ1v) is 10.7. The molecular weight excluding hydrogens is 444 g/mol. The number of carbonyl (C=O) groups excluding carboxylic acids is 3. The number of benzene rings is 1. The minimum absolute atomic E-state index is 0.200. The van der Waals surface area contributed by atoms with Gasteiger partial charge >= 0.3 is 0 Å². The van der Waals surface area contributed by atoms with Crippen molar-refractivity contribution in [3.8, 4) is 0 Å². The monoisotopic (exact) mass is 464 g/mol. The van der Waals surface area contributed by atoms with Crippen LogP contribution in [0.1, 0.15) is 16.8 Å². The van der Waals surface area contributed by atoms with Crippen LogP contribution < -0.4 is 16.0 Å². The molecule has 0 bridgehead atoms. The predicted octanol–water partition coefficient (Wildman–Crippen LogP) is 2.45. The molecule has 1 unspecified atom stereocenters. The molecule has 0 aliphatic rings. The number of pyridine rings is 1. The van der Waals surface area contributed by atoms with Crippen LogP contribution in [-0.4, -0.2) is 47.3 Å². The summed E-state index contributed by atoms with van der Waals surface area (Å²) in [5, 5.41) is 7.96. The second kappa shape index (κ2) is 11.5. The fraction of sp³-hybridized carbons (Fsp3) is 0.263. The SMILES string of the molecule is CSCCC(NC(=O)c1ccccc1Br)C(=O)NCC(=O)Nc1cccnc1. The van der Waals surface area contributed by atoms with Crippen molar-refractivity contribution >= 4 is 51.1 Å². The van der Waals surface area contributed by atoms with Crippen LogP contribution in [0.25, 0.3) is 0 Å². The number of carbonyl (C=O) groups is 3. The first kappa shape index (κ1) is 21.9. The van der Waals surface area contributed by atoms with Gasteiger partial charge in [0.2, 0.25) is 11.8 Å². The van der Waals surface area contributed by atoms with E-state index in [1.807, 2.05) is 6.26 Å². The molecule has 1 aromatic carbocycles. The van der Waals surface area contributed by atoms with Crippen LogP contribution in [0.5, 0.6) is 0 Å². The highest BCUT2D eigenvalue weighted by atomic mass is 79.9. The molecule has 0 saturated carbocycles.